The summed E-state index contributed by atoms with van der Waals surface area (Å²) < 4.78 is 28.4. The quantitative estimate of drug-likeness (QED) is 0.321. The van der Waals surface area contributed by atoms with Crippen LogP contribution in [0, 0.1) is 0 Å². The minimum Gasteiger partial charge on any atom is -0.352 e. The lowest BCUT2D eigenvalue weighted by molar-refractivity contribution is -0.139. The third kappa shape index (κ3) is 7.41. The number of carbonyl (C=O) groups excluding carboxylic acids is 2. The van der Waals surface area contributed by atoms with Crippen LogP contribution >= 0.6 is 34.8 Å². The molecule has 3 aromatic carbocycles. The second-order valence-corrected chi connectivity index (χ2v) is 12.0. The number of carbonyl (C=O) groups is 2. The van der Waals surface area contributed by atoms with Crippen molar-refractivity contribution < 1.29 is 18.0 Å². The first-order chi connectivity index (χ1) is 17.9. The largest absolute Gasteiger partial charge is 0.352 e. The van der Waals surface area contributed by atoms with Crippen LogP contribution in [-0.4, -0.2) is 43.8 Å². The predicted molar refractivity (Wildman–Crippen MR) is 152 cm³/mol. The molecule has 1 N–H and O–H groups in total. The van der Waals surface area contributed by atoms with Crippen molar-refractivity contribution in [3.05, 3.63) is 93.4 Å². The first kappa shape index (κ1) is 29.8. The van der Waals surface area contributed by atoms with Crippen molar-refractivity contribution >= 4 is 62.3 Å². The molecule has 202 valence electrons. The van der Waals surface area contributed by atoms with Crippen LogP contribution in [0.15, 0.2) is 77.7 Å². The standard InChI is InChI=1S/C27H28Cl3N3O4S/c1-18(2)31-27(35)19(3)32(16-20-9-7-8-12-25(20)30)26(34)17-33(23-14-21(28)13-22(29)15-23)38(36,37)24-10-5-4-6-11-24/h4-15,18-19H,16-17H2,1-3H3,(H,31,35)/t19-/m0/s1. The van der Waals surface area contributed by atoms with E-state index in [2.05, 4.69) is 5.32 Å². The molecule has 7 nitrogen and oxygen atoms in total. The summed E-state index contributed by atoms with van der Waals surface area (Å²) in [5.74, 6) is -1.00. The molecule has 11 heteroatoms. The number of halogens is 3. The number of nitrogens with zero attached hydrogens (tertiary/aromatic N) is 2. The van der Waals surface area contributed by atoms with Crippen molar-refractivity contribution in [2.24, 2.45) is 0 Å². The van der Waals surface area contributed by atoms with E-state index in [1.165, 1.54) is 35.2 Å². The average molecular weight is 597 g/mol. The Morgan fingerprint density at radius 3 is 2.03 bits per heavy atom. The van der Waals surface area contributed by atoms with Crippen molar-refractivity contribution in [1.82, 2.24) is 10.2 Å². The highest BCUT2D eigenvalue weighted by Crippen LogP contribution is 2.30. The van der Waals surface area contributed by atoms with Gasteiger partial charge in [-0.1, -0.05) is 71.2 Å². The molecule has 0 aliphatic carbocycles. The third-order valence-electron chi connectivity index (χ3n) is 5.64. The van der Waals surface area contributed by atoms with Gasteiger partial charge in [-0.3, -0.25) is 13.9 Å². The van der Waals surface area contributed by atoms with Crippen LogP contribution in [0.1, 0.15) is 26.3 Å². The van der Waals surface area contributed by atoms with Gasteiger partial charge in [0, 0.05) is 27.7 Å². The monoisotopic (exact) mass is 595 g/mol. The van der Waals surface area contributed by atoms with Crippen molar-refractivity contribution in [1.29, 1.82) is 0 Å². The van der Waals surface area contributed by atoms with Gasteiger partial charge >= 0.3 is 0 Å². The van der Waals surface area contributed by atoms with Gasteiger partial charge < -0.3 is 10.2 Å². The maximum atomic E-state index is 13.9. The number of benzene rings is 3. The van der Waals surface area contributed by atoms with Crippen LogP contribution in [0.2, 0.25) is 15.1 Å². The van der Waals surface area contributed by atoms with Crippen LogP contribution in [0.25, 0.3) is 0 Å². The summed E-state index contributed by atoms with van der Waals surface area (Å²) in [6.45, 7) is 4.57. The molecule has 0 heterocycles. The highest BCUT2D eigenvalue weighted by Gasteiger charge is 2.33. The lowest BCUT2D eigenvalue weighted by atomic mass is 10.1. The van der Waals surface area contributed by atoms with Gasteiger partial charge in [0.1, 0.15) is 12.6 Å². The van der Waals surface area contributed by atoms with Gasteiger partial charge in [0.15, 0.2) is 0 Å². The van der Waals surface area contributed by atoms with E-state index in [1.807, 2.05) is 13.8 Å². The Bertz CT molecular complexity index is 1380. The fourth-order valence-corrected chi connectivity index (χ4v) is 5.86. The lowest BCUT2D eigenvalue weighted by Gasteiger charge is -2.32. The molecule has 0 fully saturated rings. The normalized spacial score (nSPS) is 12.2. The molecule has 0 saturated carbocycles. The molecule has 0 spiro atoms. The summed E-state index contributed by atoms with van der Waals surface area (Å²) in [5, 5.41) is 3.62. The minimum atomic E-state index is -4.22. The van der Waals surface area contributed by atoms with Crippen LogP contribution < -0.4 is 9.62 Å². The van der Waals surface area contributed by atoms with E-state index >= 15 is 0 Å². The molecule has 1 atom stereocenters. The number of amides is 2. The van der Waals surface area contributed by atoms with Gasteiger partial charge in [-0.2, -0.15) is 0 Å². The van der Waals surface area contributed by atoms with E-state index in [1.54, 1.807) is 49.4 Å². The van der Waals surface area contributed by atoms with Crippen LogP contribution in [0.3, 0.4) is 0 Å². The molecule has 0 radical (unpaired) electrons. The Morgan fingerprint density at radius 2 is 1.45 bits per heavy atom. The Hall–Kier alpha value is -2.78. The van der Waals surface area contributed by atoms with Crippen LogP contribution in [0.4, 0.5) is 5.69 Å². The minimum absolute atomic E-state index is 0.0132. The van der Waals surface area contributed by atoms with Crippen LogP contribution in [-0.2, 0) is 26.2 Å². The first-order valence-corrected chi connectivity index (χ1v) is 14.3. The van der Waals surface area contributed by atoms with Gasteiger partial charge in [0.05, 0.1) is 10.6 Å². The molecule has 0 saturated heterocycles. The molecule has 0 unspecified atom stereocenters. The van der Waals surface area contributed by atoms with Crippen molar-refractivity contribution in [3.8, 4) is 0 Å². The molecule has 0 aromatic heterocycles. The second-order valence-electron chi connectivity index (χ2n) is 8.90. The molecule has 0 aliphatic heterocycles. The summed E-state index contributed by atoms with van der Waals surface area (Å²) in [6, 6.07) is 17.8. The van der Waals surface area contributed by atoms with Crippen molar-refractivity contribution in [2.75, 3.05) is 10.8 Å². The van der Waals surface area contributed by atoms with Crippen molar-refractivity contribution in [3.63, 3.8) is 0 Å². The van der Waals surface area contributed by atoms with Gasteiger partial charge in [-0.25, -0.2) is 8.42 Å². The molecule has 3 aromatic rings. The molecule has 3 rings (SSSR count). The fraction of sp³-hybridized carbons (Fsp3) is 0.259. The Kier molecular flexibility index (Phi) is 10.1. The van der Waals surface area contributed by atoms with Gasteiger partial charge in [0.25, 0.3) is 10.0 Å². The summed E-state index contributed by atoms with van der Waals surface area (Å²) in [6.07, 6.45) is 0. The number of anilines is 1. The number of hydrogen-bond acceptors (Lipinski definition) is 4. The van der Waals surface area contributed by atoms with Gasteiger partial charge in [0.2, 0.25) is 11.8 Å². The predicted octanol–water partition coefficient (Wildman–Crippen LogP) is 5.78. The first-order valence-electron chi connectivity index (χ1n) is 11.8. The summed E-state index contributed by atoms with van der Waals surface area (Å²) in [5.41, 5.74) is 0.715. The maximum absolute atomic E-state index is 13.9. The molecule has 0 aliphatic rings. The highest BCUT2D eigenvalue weighted by atomic mass is 35.5. The summed E-state index contributed by atoms with van der Waals surface area (Å²) in [4.78, 5) is 28.1. The maximum Gasteiger partial charge on any atom is 0.264 e. The molecule has 0 bridgehead atoms. The van der Waals surface area contributed by atoms with E-state index in [4.69, 9.17) is 34.8 Å². The second kappa shape index (κ2) is 12.8. The number of hydrogen-bond donors (Lipinski definition) is 1. The van der Waals surface area contributed by atoms with Gasteiger partial charge in [-0.15, -0.1) is 0 Å². The van der Waals surface area contributed by atoms with E-state index in [0.717, 1.165) is 4.31 Å². The van der Waals surface area contributed by atoms with E-state index < -0.39 is 28.5 Å². The number of nitrogens with one attached hydrogen (secondary N) is 1. The third-order valence-corrected chi connectivity index (χ3v) is 8.24. The summed E-state index contributed by atoms with van der Waals surface area (Å²) in [7, 11) is -4.22. The van der Waals surface area contributed by atoms with E-state index in [9.17, 15) is 18.0 Å². The van der Waals surface area contributed by atoms with Crippen molar-refractivity contribution in [2.45, 2.75) is 44.3 Å². The van der Waals surface area contributed by atoms with E-state index in [0.29, 0.717) is 10.6 Å². The summed E-state index contributed by atoms with van der Waals surface area (Å²) >= 11 is 18.7. The zero-order valence-electron chi connectivity index (χ0n) is 21.1. The zero-order valence-corrected chi connectivity index (χ0v) is 24.2. The Balaban J connectivity index is 2.07. The van der Waals surface area contributed by atoms with Gasteiger partial charge in [-0.05, 0) is 62.7 Å². The smallest absolute Gasteiger partial charge is 0.264 e. The molecule has 38 heavy (non-hydrogen) atoms. The zero-order chi connectivity index (χ0) is 28.0. The molecular weight excluding hydrogens is 569 g/mol. The Labute approximate surface area is 238 Å². The SMILES string of the molecule is CC(C)NC(=O)[C@H](C)N(Cc1ccccc1Cl)C(=O)CN(c1cc(Cl)cc(Cl)c1)S(=O)(=O)c1ccccc1. The Morgan fingerprint density at radius 1 is 0.868 bits per heavy atom. The van der Waals surface area contributed by atoms with Crippen LogP contribution in [0.5, 0.6) is 0 Å². The highest BCUT2D eigenvalue weighted by molar-refractivity contribution is 7.92. The molecular formula is C27H28Cl3N3O4S. The fourth-order valence-electron chi connectivity index (χ4n) is 3.73. The number of rotatable bonds is 10. The van der Waals surface area contributed by atoms with E-state index in [-0.39, 0.29) is 39.1 Å². The lowest BCUT2D eigenvalue weighted by Crippen LogP contribution is -2.52. The number of sulfonamides is 1. The average Bonchev–Trinajstić information content (AvgIpc) is 2.85. The molecule has 2 amide bonds. The topological polar surface area (TPSA) is 86.8 Å².